The van der Waals surface area contributed by atoms with Crippen LogP contribution in [0.2, 0.25) is 5.02 Å². The summed E-state index contributed by atoms with van der Waals surface area (Å²) in [5.41, 5.74) is 5.11. The molecule has 1 amide bonds. The van der Waals surface area contributed by atoms with Crippen molar-refractivity contribution in [2.45, 2.75) is 32.3 Å². The van der Waals surface area contributed by atoms with Crippen molar-refractivity contribution in [3.05, 3.63) is 95.0 Å². The predicted octanol–water partition coefficient (Wildman–Crippen LogP) is 5.82. The van der Waals surface area contributed by atoms with Crippen LogP contribution in [-0.4, -0.2) is 41.0 Å². The van der Waals surface area contributed by atoms with Gasteiger partial charge in [0, 0.05) is 47.8 Å². The maximum Gasteiger partial charge on any atom is 0.266 e. The molecule has 180 valence electrons. The summed E-state index contributed by atoms with van der Waals surface area (Å²) in [5, 5.41) is 5.07. The van der Waals surface area contributed by atoms with E-state index < -0.39 is 5.60 Å². The summed E-state index contributed by atoms with van der Waals surface area (Å²) in [4.78, 5) is 27.7. The minimum atomic E-state index is -1.04. The van der Waals surface area contributed by atoms with Crippen LogP contribution in [0.5, 0.6) is 5.75 Å². The van der Waals surface area contributed by atoms with Crippen LogP contribution in [0.4, 0.5) is 5.69 Å². The number of nitrogens with zero attached hydrogens (tertiary/aromatic N) is 2. The SMILES string of the molecule is CC(C)(Oc1ccc(C(=O)c2ccc(Cl)cc2)cc1)C(=O)N1CCC(=NNc2ccccc2)CC1. The van der Waals surface area contributed by atoms with Crippen molar-refractivity contribution in [3.8, 4) is 5.75 Å². The molecule has 0 aromatic heterocycles. The first-order valence-electron chi connectivity index (χ1n) is 11.6. The van der Waals surface area contributed by atoms with Crippen LogP contribution in [0.3, 0.4) is 0 Å². The van der Waals surface area contributed by atoms with Crippen molar-refractivity contribution in [2.75, 3.05) is 18.5 Å². The van der Waals surface area contributed by atoms with Crippen molar-refractivity contribution in [2.24, 2.45) is 5.10 Å². The molecule has 3 aromatic carbocycles. The van der Waals surface area contributed by atoms with Crippen molar-refractivity contribution in [3.63, 3.8) is 0 Å². The minimum absolute atomic E-state index is 0.0751. The number of anilines is 1. The number of hydrogen-bond donors (Lipinski definition) is 1. The lowest BCUT2D eigenvalue weighted by atomic mass is 10.0. The van der Waals surface area contributed by atoms with Gasteiger partial charge in [0.25, 0.3) is 5.91 Å². The molecule has 0 radical (unpaired) electrons. The molecule has 35 heavy (non-hydrogen) atoms. The van der Waals surface area contributed by atoms with Crippen LogP contribution < -0.4 is 10.2 Å². The Balaban J connectivity index is 1.32. The topological polar surface area (TPSA) is 71.0 Å². The number of carbonyl (C=O) groups excluding carboxylic acids is 2. The summed E-state index contributed by atoms with van der Waals surface area (Å²) in [6.07, 6.45) is 1.42. The number of para-hydroxylation sites is 1. The smallest absolute Gasteiger partial charge is 0.266 e. The largest absolute Gasteiger partial charge is 0.478 e. The summed E-state index contributed by atoms with van der Waals surface area (Å²) in [5.74, 6) is 0.354. The number of piperidine rings is 1. The van der Waals surface area contributed by atoms with Gasteiger partial charge in [-0.25, -0.2) is 0 Å². The normalized spacial score (nSPS) is 13.8. The summed E-state index contributed by atoms with van der Waals surface area (Å²) >= 11 is 5.90. The Bertz CT molecular complexity index is 1200. The molecule has 4 rings (SSSR count). The standard InChI is InChI=1S/C28H28ClN3O3/c1-28(2,27(34)32-18-16-24(17-19-32)31-30-23-6-4-3-5-7-23)35-25-14-10-21(11-15-25)26(33)20-8-12-22(29)13-9-20/h3-15,30H,16-19H2,1-2H3. The van der Waals surface area contributed by atoms with Gasteiger partial charge in [-0.15, -0.1) is 0 Å². The first-order valence-corrected chi connectivity index (χ1v) is 11.9. The molecular formula is C28H28ClN3O3. The Labute approximate surface area is 210 Å². The average Bonchev–Trinajstić information content (AvgIpc) is 2.88. The van der Waals surface area contributed by atoms with E-state index in [1.165, 1.54) is 0 Å². The van der Waals surface area contributed by atoms with E-state index in [4.69, 9.17) is 16.3 Å². The number of hydrazone groups is 1. The zero-order chi connectivity index (χ0) is 24.8. The number of ketones is 1. The van der Waals surface area contributed by atoms with Gasteiger partial charge in [0.2, 0.25) is 0 Å². The highest BCUT2D eigenvalue weighted by Crippen LogP contribution is 2.24. The molecule has 0 aliphatic carbocycles. The van der Waals surface area contributed by atoms with E-state index in [1.807, 2.05) is 35.2 Å². The highest BCUT2D eigenvalue weighted by atomic mass is 35.5. The molecule has 0 saturated carbocycles. The lowest BCUT2D eigenvalue weighted by Gasteiger charge is -2.34. The predicted molar refractivity (Wildman–Crippen MR) is 139 cm³/mol. The molecule has 0 bridgehead atoms. The van der Waals surface area contributed by atoms with Crippen LogP contribution in [0.25, 0.3) is 0 Å². The fourth-order valence-electron chi connectivity index (χ4n) is 3.90. The van der Waals surface area contributed by atoms with Gasteiger partial charge in [-0.2, -0.15) is 5.10 Å². The summed E-state index contributed by atoms with van der Waals surface area (Å²) in [6.45, 7) is 4.72. The fourth-order valence-corrected chi connectivity index (χ4v) is 4.02. The van der Waals surface area contributed by atoms with E-state index in [2.05, 4.69) is 10.5 Å². The third-order valence-electron chi connectivity index (χ3n) is 5.86. The van der Waals surface area contributed by atoms with E-state index in [9.17, 15) is 9.59 Å². The van der Waals surface area contributed by atoms with E-state index in [1.54, 1.807) is 62.4 Å². The molecule has 3 aromatic rings. The van der Waals surface area contributed by atoms with Crippen LogP contribution in [0.1, 0.15) is 42.6 Å². The van der Waals surface area contributed by atoms with E-state index in [-0.39, 0.29) is 11.7 Å². The Hall–Kier alpha value is -3.64. The third kappa shape index (κ3) is 6.28. The highest BCUT2D eigenvalue weighted by Gasteiger charge is 2.35. The lowest BCUT2D eigenvalue weighted by Crippen LogP contribution is -2.51. The number of hydrogen-bond acceptors (Lipinski definition) is 5. The molecule has 0 spiro atoms. The van der Waals surface area contributed by atoms with E-state index >= 15 is 0 Å². The highest BCUT2D eigenvalue weighted by molar-refractivity contribution is 6.30. The number of nitrogens with one attached hydrogen (secondary N) is 1. The number of benzene rings is 3. The van der Waals surface area contributed by atoms with Gasteiger partial charge in [0.05, 0.1) is 5.69 Å². The van der Waals surface area contributed by atoms with Crippen LogP contribution in [0.15, 0.2) is 84.0 Å². The molecule has 0 unspecified atom stereocenters. The van der Waals surface area contributed by atoms with Crippen molar-refractivity contribution in [1.29, 1.82) is 0 Å². The molecule has 1 fully saturated rings. The maximum absolute atomic E-state index is 13.2. The molecule has 1 aliphatic heterocycles. The molecule has 7 heteroatoms. The van der Waals surface area contributed by atoms with E-state index in [0.717, 1.165) is 11.4 Å². The molecule has 1 heterocycles. The van der Waals surface area contributed by atoms with Gasteiger partial charge in [0.1, 0.15) is 5.75 Å². The Morgan fingerprint density at radius 1 is 0.886 bits per heavy atom. The number of amides is 1. The van der Waals surface area contributed by atoms with Gasteiger partial charge in [0.15, 0.2) is 11.4 Å². The van der Waals surface area contributed by atoms with Gasteiger partial charge in [-0.05, 0) is 74.5 Å². The van der Waals surface area contributed by atoms with Gasteiger partial charge >= 0.3 is 0 Å². The third-order valence-corrected chi connectivity index (χ3v) is 6.11. The first kappa shape index (κ1) is 24.5. The molecular weight excluding hydrogens is 462 g/mol. The number of ether oxygens (including phenoxy) is 1. The second kappa shape index (κ2) is 10.7. The second-order valence-electron chi connectivity index (χ2n) is 8.92. The molecule has 6 nitrogen and oxygen atoms in total. The zero-order valence-corrected chi connectivity index (χ0v) is 20.6. The van der Waals surface area contributed by atoms with E-state index in [0.29, 0.717) is 47.8 Å². The summed E-state index contributed by atoms with van der Waals surface area (Å²) in [7, 11) is 0. The van der Waals surface area contributed by atoms with Gasteiger partial charge in [-0.1, -0.05) is 29.8 Å². The maximum atomic E-state index is 13.2. The minimum Gasteiger partial charge on any atom is -0.478 e. The van der Waals surface area contributed by atoms with Gasteiger partial charge < -0.3 is 9.64 Å². The summed E-state index contributed by atoms with van der Waals surface area (Å²) < 4.78 is 6.04. The van der Waals surface area contributed by atoms with Crippen LogP contribution >= 0.6 is 11.6 Å². The number of carbonyl (C=O) groups is 2. The Morgan fingerprint density at radius 3 is 2.06 bits per heavy atom. The monoisotopic (exact) mass is 489 g/mol. The lowest BCUT2D eigenvalue weighted by molar-refractivity contribution is -0.145. The molecule has 0 atom stereocenters. The number of halogens is 1. The number of rotatable bonds is 7. The molecule has 1 aliphatic rings. The number of likely N-dealkylation sites (tertiary alicyclic amines) is 1. The Morgan fingerprint density at radius 2 is 1.46 bits per heavy atom. The van der Waals surface area contributed by atoms with Gasteiger partial charge in [-0.3, -0.25) is 15.0 Å². The summed E-state index contributed by atoms with van der Waals surface area (Å²) in [6, 6.07) is 23.4. The van der Waals surface area contributed by atoms with Crippen LogP contribution in [0, 0.1) is 0 Å². The fraction of sp³-hybridized carbons (Fsp3) is 0.250. The van der Waals surface area contributed by atoms with Crippen molar-refractivity contribution in [1.82, 2.24) is 4.90 Å². The first-order chi connectivity index (χ1) is 16.8. The average molecular weight is 490 g/mol. The zero-order valence-electron chi connectivity index (χ0n) is 19.8. The second-order valence-corrected chi connectivity index (χ2v) is 9.36. The Kier molecular flexibility index (Phi) is 7.51. The molecule has 1 N–H and O–H groups in total. The van der Waals surface area contributed by atoms with Crippen LogP contribution in [-0.2, 0) is 4.79 Å². The van der Waals surface area contributed by atoms with Crippen molar-refractivity contribution >= 4 is 34.7 Å². The van der Waals surface area contributed by atoms with Crippen molar-refractivity contribution < 1.29 is 14.3 Å². The quantitative estimate of drug-likeness (QED) is 0.335. The molecule has 1 saturated heterocycles.